The number of rotatable bonds is 4. The van der Waals surface area contributed by atoms with Crippen LogP contribution in [0, 0.1) is 0 Å². The molecule has 2 aromatic heterocycles. The molecule has 7 nitrogen and oxygen atoms in total. The fourth-order valence-electron chi connectivity index (χ4n) is 2.73. The highest BCUT2D eigenvalue weighted by Crippen LogP contribution is 2.14. The number of hydrogen-bond acceptors (Lipinski definition) is 5. The molecule has 0 aliphatic carbocycles. The van der Waals surface area contributed by atoms with Gasteiger partial charge in [-0.25, -0.2) is 9.48 Å². The van der Waals surface area contributed by atoms with Crippen molar-refractivity contribution in [3.63, 3.8) is 0 Å². The third-order valence-corrected chi connectivity index (χ3v) is 4.97. The van der Waals surface area contributed by atoms with Gasteiger partial charge in [0.15, 0.2) is 5.82 Å². The van der Waals surface area contributed by atoms with Crippen LogP contribution in [-0.2, 0) is 6.54 Å². The van der Waals surface area contributed by atoms with Gasteiger partial charge in [-0.15, -0.1) is 16.4 Å². The molecule has 1 fully saturated rings. The Bertz CT molecular complexity index is 653. The first-order valence-corrected chi connectivity index (χ1v) is 9.22. The summed E-state index contributed by atoms with van der Waals surface area (Å²) in [6.07, 6.45) is 2.75. The number of nitrogens with zero attached hydrogens (tertiary/aromatic N) is 5. The Kier molecular flexibility index (Phi) is 5.47. The third-order valence-electron chi connectivity index (χ3n) is 4.11. The molecule has 0 radical (unpaired) electrons. The third kappa shape index (κ3) is 4.33. The summed E-state index contributed by atoms with van der Waals surface area (Å²) in [5.41, 5.74) is 0. The summed E-state index contributed by atoms with van der Waals surface area (Å²) < 4.78 is 1.74. The van der Waals surface area contributed by atoms with Crippen LogP contribution >= 0.6 is 11.3 Å². The SMILES string of the molecule is CC(C)n1cc(NC(=O)N2CCCN(Cc3cccs3)CC2)nn1. The molecule has 3 heterocycles. The molecule has 1 N–H and O–H groups in total. The van der Waals surface area contributed by atoms with Crippen molar-refractivity contribution in [1.82, 2.24) is 24.8 Å². The number of carbonyl (C=O) groups is 1. The smallest absolute Gasteiger partial charge is 0.323 e. The van der Waals surface area contributed by atoms with Crippen molar-refractivity contribution < 1.29 is 4.79 Å². The highest BCUT2D eigenvalue weighted by molar-refractivity contribution is 7.09. The number of urea groups is 1. The second-order valence-corrected chi connectivity index (χ2v) is 7.34. The predicted octanol–water partition coefficient (Wildman–Crippen LogP) is 2.66. The lowest BCUT2D eigenvalue weighted by Crippen LogP contribution is -2.38. The average Bonchev–Trinajstić information content (AvgIpc) is 3.16. The van der Waals surface area contributed by atoms with E-state index >= 15 is 0 Å². The van der Waals surface area contributed by atoms with Gasteiger partial charge in [0.25, 0.3) is 0 Å². The van der Waals surface area contributed by atoms with Gasteiger partial charge < -0.3 is 4.90 Å². The predicted molar refractivity (Wildman–Crippen MR) is 95.2 cm³/mol. The van der Waals surface area contributed by atoms with Gasteiger partial charge in [-0.05, 0) is 31.7 Å². The average molecular weight is 348 g/mol. The van der Waals surface area contributed by atoms with E-state index in [1.165, 1.54) is 4.88 Å². The van der Waals surface area contributed by atoms with E-state index in [4.69, 9.17) is 0 Å². The van der Waals surface area contributed by atoms with E-state index in [-0.39, 0.29) is 12.1 Å². The van der Waals surface area contributed by atoms with Crippen molar-refractivity contribution in [2.24, 2.45) is 0 Å². The van der Waals surface area contributed by atoms with E-state index < -0.39 is 0 Å². The molecule has 24 heavy (non-hydrogen) atoms. The Balaban J connectivity index is 1.52. The lowest BCUT2D eigenvalue weighted by molar-refractivity contribution is 0.211. The van der Waals surface area contributed by atoms with E-state index in [1.54, 1.807) is 22.2 Å². The number of thiophene rings is 1. The van der Waals surface area contributed by atoms with Crippen molar-refractivity contribution in [1.29, 1.82) is 0 Å². The number of hydrogen-bond donors (Lipinski definition) is 1. The minimum absolute atomic E-state index is 0.0937. The Labute approximate surface area is 146 Å². The molecule has 0 saturated carbocycles. The molecular formula is C16H24N6OS. The van der Waals surface area contributed by atoms with Gasteiger partial charge in [0, 0.05) is 43.6 Å². The lowest BCUT2D eigenvalue weighted by atomic mass is 10.3. The van der Waals surface area contributed by atoms with E-state index in [0.29, 0.717) is 5.82 Å². The molecule has 2 aromatic rings. The van der Waals surface area contributed by atoms with Crippen LogP contribution in [0.3, 0.4) is 0 Å². The highest BCUT2D eigenvalue weighted by Gasteiger charge is 2.20. The van der Waals surface area contributed by atoms with Crippen molar-refractivity contribution >= 4 is 23.2 Å². The van der Waals surface area contributed by atoms with Gasteiger partial charge in [-0.3, -0.25) is 10.2 Å². The molecule has 0 bridgehead atoms. The van der Waals surface area contributed by atoms with Gasteiger partial charge in [0.1, 0.15) is 0 Å². The van der Waals surface area contributed by atoms with Gasteiger partial charge >= 0.3 is 6.03 Å². The van der Waals surface area contributed by atoms with Crippen LogP contribution in [0.2, 0.25) is 0 Å². The van der Waals surface area contributed by atoms with Gasteiger partial charge in [0.05, 0.1) is 6.20 Å². The first-order valence-electron chi connectivity index (χ1n) is 8.34. The molecule has 1 aliphatic heterocycles. The first kappa shape index (κ1) is 16.9. The van der Waals surface area contributed by atoms with E-state index in [1.807, 2.05) is 18.7 Å². The Morgan fingerprint density at radius 1 is 1.33 bits per heavy atom. The molecule has 1 aliphatic rings. The van der Waals surface area contributed by atoms with Crippen LogP contribution < -0.4 is 5.32 Å². The fourth-order valence-corrected chi connectivity index (χ4v) is 3.48. The fraction of sp³-hybridized carbons (Fsp3) is 0.562. The first-order chi connectivity index (χ1) is 11.6. The molecule has 3 rings (SSSR count). The topological polar surface area (TPSA) is 66.3 Å². The van der Waals surface area contributed by atoms with Crippen LogP contribution in [0.4, 0.5) is 10.6 Å². The van der Waals surface area contributed by atoms with Crippen LogP contribution in [0.25, 0.3) is 0 Å². The molecule has 0 unspecified atom stereocenters. The number of aromatic nitrogens is 3. The maximum absolute atomic E-state index is 12.4. The van der Waals surface area contributed by atoms with E-state index in [2.05, 4.69) is 38.0 Å². The summed E-state index contributed by atoms with van der Waals surface area (Å²) in [5.74, 6) is 0.508. The Hall–Kier alpha value is -1.93. The summed E-state index contributed by atoms with van der Waals surface area (Å²) in [6, 6.07) is 4.39. The van der Waals surface area contributed by atoms with Crippen molar-refractivity contribution in [3.05, 3.63) is 28.6 Å². The summed E-state index contributed by atoms with van der Waals surface area (Å²) in [5, 5.41) is 13.0. The highest BCUT2D eigenvalue weighted by atomic mass is 32.1. The zero-order valence-corrected chi connectivity index (χ0v) is 15.0. The minimum Gasteiger partial charge on any atom is -0.323 e. The number of carbonyl (C=O) groups excluding carboxylic acids is 1. The summed E-state index contributed by atoms with van der Waals surface area (Å²) in [4.78, 5) is 18.1. The molecule has 2 amide bonds. The Morgan fingerprint density at radius 2 is 2.21 bits per heavy atom. The maximum atomic E-state index is 12.4. The van der Waals surface area contributed by atoms with Crippen molar-refractivity contribution in [2.75, 3.05) is 31.5 Å². The standard InChI is InChI=1S/C16H24N6OS/c1-13(2)22-12-15(18-19-22)17-16(23)21-7-4-6-20(8-9-21)11-14-5-3-10-24-14/h3,5,10,12-13H,4,6-9,11H2,1-2H3,(H,17,23). The summed E-state index contributed by atoms with van der Waals surface area (Å²) in [6.45, 7) is 8.43. The number of amides is 2. The van der Waals surface area contributed by atoms with E-state index in [0.717, 1.165) is 39.1 Å². The molecule has 130 valence electrons. The van der Waals surface area contributed by atoms with Crippen LogP contribution in [0.5, 0.6) is 0 Å². The number of nitrogens with one attached hydrogen (secondary N) is 1. The Morgan fingerprint density at radius 3 is 2.92 bits per heavy atom. The minimum atomic E-state index is -0.0937. The van der Waals surface area contributed by atoms with Gasteiger partial charge in [-0.2, -0.15) is 0 Å². The molecule has 0 atom stereocenters. The second kappa shape index (κ2) is 7.76. The molecular weight excluding hydrogens is 324 g/mol. The zero-order chi connectivity index (χ0) is 16.9. The van der Waals surface area contributed by atoms with Crippen LogP contribution in [-0.4, -0.2) is 57.0 Å². The molecule has 0 spiro atoms. The number of anilines is 1. The molecule has 1 saturated heterocycles. The summed E-state index contributed by atoms with van der Waals surface area (Å²) in [7, 11) is 0. The normalized spacial score (nSPS) is 16.4. The van der Waals surface area contributed by atoms with Gasteiger partial charge in [-0.1, -0.05) is 11.3 Å². The molecule has 0 aromatic carbocycles. The maximum Gasteiger partial charge on any atom is 0.323 e. The van der Waals surface area contributed by atoms with Crippen molar-refractivity contribution in [2.45, 2.75) is 32.9 Å². The second-order valence-electron chi connectivity index (χ2n) is 6.30. The summed E-state index contributed by atoms with van der Waals surface area (Å²) >= 11 is 1.78. The lowest BCUT2D eigenvalue weighted by Gasteiger charge is -2.21. The van der Waals surface area contributed by atoms with E-state index in [9.17, 15) is 4.79 Å². The zero-order valence-electron chi connectivity index (χ0n) is 14.2. The monoisotopic (exact) mass is 348 g/mol. The van der Waals surface area contributed by atoms with Gasteiger partial charge in [0.2, 0.25) is 0 Å². The molecule has 8 heteroatoms. The largest absolute Gasteiger partial charge is 0.323 e. The van der Waals surface area contributed by atoms with Crippen molar-refractivity contribution in [3.8, 4) is 0 Å². The quantitative estimate of drug-likeness (QED) is 0.922. The van der Waals surface area contributed by atoms with Crippen LogP contribution in [0.1, 0.15) is 31.2 Å². The van der Waals surface area contributed by atoms with Crippen LogP contribution in [0.15, 0.2) is 23.7 Å².